The number of aromatic nitrogens is 1. The Morgan fingerprint density at radius 1 is 1.35 bits per heavy atom. The molecule has 0 saturated carbocycles. The van der Waals surface area contributed by atoms with Crippen LogP contribution in [0.1, 0.15) is 18.9 Å². The standard InChI is InChI=1S/C14H21N3O3/c1-11(14(19)20)16-13(18)6-10-17(2)9-5-12-3-7-15-8-4-12/h3-4,7-8,11H,5-6,9-10H2,1-2H3,(H,16,18)(H,19,20). The van der Waals surface area contributed by atoms with Crippen molar-refractivity contribution in [2.75, 3.05) is 20.1 Å². The topological polar surface area (TPSA) is 82.5 Å². The average Bonchev–Trinajstić information content (AvgIpc) is 2.43. The number of nitrogens with zero attached hydrogens (tertiary/aromatic N) is 2. The molecule has 0 fully saturated rings. The summed E-state index contributed by atoms with van der Waals surface area (Å²) in [6.07, 6.45) is 4.71. The van der Waals surface area contributed by atoms with Crippen LogP contribution in [-0.2, 0) is 16.0 Å². The van der Waals surface area contributed by atoms with E-state index >= 15 is 0 Å². The predicted molar refractivity (Wildman–Crippen MR) is 75.3 cm³/mol. The molecule has 0 spiro atoms. The highest BCUT2D eigenvalue weighted by Gasteiger charge is 2.13. The molecule has 1 amide bonds. The maximum absolute atomic E-state index is 11.5. The minimum absolute atomic E-state index is 0.240. The molecule has 1 unspecified atom stereocenters. The summed E-state index contributed by atoms with van der Waals surface area (Å²) in [5.74, 6) is -1.26. The number of carbonyl (C=O) groups is 2. The second kappa shape index (κ2) is 8.27. The largest absolute Gasteiger partial charge is 0.480 e. The first-order chi connectivity index (χ1) is 9.49. The molecule has 1 atom stereocenters. The van der Waals surface area contributed by atoms with Crippen LogP contribution in [-0.4, -0.2) is 53.0 Å². The molecule has 0 saturated heterocycles. The molecule has 110 valence electrons. The zero-order valence-electron chi connectivity index (χ0n) is 11.9. The predicted octanol–water partition coefficient (Wildman–Crippen LogP) is 0.535. The maximum atomic E-state index is 11.5. The summed E-state index contributed by atoms with van der Waals surface area (Å²) in [5, 5.41) is 11.1. The van der Waals surface area contributed by atoms with Gasteiger partial charge in [0.1, 0.15) is 6.04 Å². The number of hydrogen-bond donors (Lipinski definition) is 2. The van der Waals surface area contributed by atoms with Crippen LogP contribution < -0.4 is 5.32 Å². The smallest absolute Gasteiger partial charge is 0.325 e. The zero-order chi connectivity index (χ0) is 15.0. The quantitative estimate of drug-likeness (QED) is 0.725. The number of carboxylic acid groups (broad SMARTS) is 1. The van der Waals surface area contributed by atoms with Crippen molar-refractivity contribution in [2.45, 2.75) is 25.8 Å². The van der Waals surface area contributed by atoms with E-state index in [0.29, 0.717) is 13.0 Å². The monoisotopic (exact) mass is 279 g/mol. The van der Waals surface area contributed by atoms with Crippen molar-refractivity contribution >= 4 is 11.9 Å². The van der Waals surface area contributed by atoms with E-state index in [4.69, 9.17) is 5.11 Å². The molecular formula is C14H21N3O3. The van der Waals surface area contributed by atoms with Crippen molar-refractivity contribution in [1.82, 2.24) is 15.2 Å². The molecule has 1 heterocycles. The lowest BCUT2D eigenvalue weighted by molar-refractivity contribution is -0.141. The molecular weight excluding hydrogens is 258 g/mol. The lowest BCUT2D eigenvalue weighted by atomic mass is 10.2. The SMILES string of the molecule is CC(NC(=O)CCN(C)CCc1ccncc1)C(=O)O. The van der Waals surface area contributed by atoms with Crippen molar-refractivity contribution < 1.29 is 14.7 Å². The van der Waals surface area contributed by atoms with Crippen LogP contribution in [0.15, 0.2) is 24.5 Å². The average molecular weight is 279 g/mol. The van der Waals surface area contributed by atoms with Gasteiger partial charge in [0.05, 0.1) is 0 Å². The Morgan fingerprint density at radius 2 is 2.00 bits per heavy atom. The Bertz CT molecular complexity index is 437. The Kier molecular flexibility index (Phi) is 6.66. The first-order valence-electron chi connectivity index (χ1n) is 6.58. The number of rotatable bonds is 8. The number of aliphatic carboxylic acids is 1. The summed E-state index contributed by atoms with van der Waals surface area (Å²) in [6.45, 7) is 2.89. The fourth-order valence-corrected chi connectivity index (χ4v) is 1.65. The minimum Gasteiger partial charge on any atom is -0.480 e. The molecule has 1 aromatic rings. The third kappa shape index (κ3) is 6.29. The van der Waals surface area contributed by atoms with Gasteiger partial charge in [0, 0.05) is 31.9 Å². The van der Waals surface area contributed by atoms with Gasteiger partial charge in [-0.05, 0) is 38.1 Å². The van der Waals surface area contributed by atoms with E-state index in [0.717, 1.165) is 13.0 Å². The summed E-state index contributed by atoms with van der Waals surface area (Å²) in [4.78, 5) is 28.1. The van der Waals surface area contributed by atoms with Gasteiger partial charge in [0.25, 0.3) is 0 Å². The molecule has 2 N–H and O–H groups in total. The van der Waals surface area contributed by atoms with Crippen molar-refractivity contribution in [1.29, 1.82) is 0 Å². The molecule has 0 radical (unpaired) electrons. The van der Waals surface area contributed by atoms with Gasteiger partial charge < -0.3 is 15.3 Å². The van der Waals surface area contributed by atoms with E-state index in [9.17, 15) is 9.59 Å². The molecule has 6 nitrogen and oxygen atoms in total. The Labute approximate surface area is 118 Å². The van der Waals surface area contributed by atoms with E-state index in [1.807, 2.05) is 24.1 Å². The fourth-order valence-electron chi connectivity index (χ4n) is 1.65. The first kappa shape index (κ1) is 16.1. The van der Waals surface area contributed by atoms with Crippen LogP contribution in [0, 0.1) is 0 Å². The molecule has 0 aliphatic carbocycles. The van der Waals surface area contributed by atoms with Gasteiger partial charge in [-0.25, -0.2) is 0 Å². The minimum atomic E-state index is -1.02. The highest BCUT2D eigenvalue weighted by Crippen LogP contribution is 1.99. The van der Waals surface area contributed by atoms with Crippen LogP contribution in [0.25, 0.3) is 0 Å². The van der Waals surface area contributed by atoms with Gasteiger partial charge >= 0.3 is 5.97 Å². The number of carboxylic acids is 1. The molecule has 1 rings (SSSR count). The Hall–Kier alpha value is -1.95. The number of nitrogens with one attached hydrogen (secondary N) is 1. The van der Waals surface area contributed by atoms with Crippen LogP contribution >= 0.6 is 0 Å². The highest BCUT2D eigenvalue weighted by molar-refractivity contribution is 5.83. The Balaban J connectivity index is 2.21. The van der Waals surface area contributed by atoms with Crippen LogP contribution in [0.3, 0.4) is 0 Å². The van der Waals surface area contributed by atoms with E-state index in [2.05, 4.69) is 10.3 Å². The van der Waals surface area contributed by atoms with Gasteiger partial charge in [-0.2, -0.15) is 0 Å². The normalized spacial score (nSPS) is 12.2. The first-order valence-corrected chi connectivity index (χ1v) is 6.58. The second-order valence-electron chi connectivity index (χ2n) is 4.79. The molecule has 0 bridgehead atoms. The van der Waals surface area contributed by atoms with Gasteiger partial charge in [0.15, 0.2) is 0 Å². The highest BCUT2D eigenvalue weighted by atomic mass is 16.4. The van der Waals surface area contributed by atoms with Crippen LogP contribution in [0.4, 0.5) is 0 Å². The summed E-state index contributed by atoms with van der Waals surface area (Å²) in [6, 6.07) is 3.09. The molecule has 20 heavy (non-hydrogen) atoms. The number of pyridine rings is 1. The number of amides is 1. The molecule has 0 aliphatic rings. The molecule has 1 aromatic heterocycles. The van der Waals surface area contributed by atoms with Crippen molar-refractivity contribution in [2.24, 2.45) is 0 Å². The second-order valence-corrected chi connectivity index (χ2v) is 4.79. The van der Waals surface area contributed by atoms with Gasteiger partial charge in [-0.3, -0.25) is 14.6 Å². The van der Waals surface area contributed by atoms with Crippen molar-refractivity contribution in [3.05, 3.63) is 30.1 Å². The summed E-state index contributed by atoms with van der Waals surface area (Å²) in [5.41, 5.74) is 1.20. The van der Waals surface area contributed by atoms with E-state index in [1.54, 1.807) is 12.4 Å². The maximum Gasteiger partial charge on any atom is 0.325 e. The summed E-state index contributed by atoms with van der Waals surface area (Å²) >= 11 is 0. The molecule has 0 aliphatic heterocycles. The van der Waals surface area contributed by atoms with Crippen molar-refractivity contribution in [3.63, 3.8) is 0 Å². The third-order valence-electron chi connectivity index (χ3n) is 3.00. The zero-order valence-corrected chi connectivity index (χ0v) is 11.9. The lowest BCUT2D eigenvalue weighted by Crippen LogP contribution is -2.39. The van der Waals surface area contributed by atoms with E-state index in [1.165, 1.54) is 12.5 Å². The number of carbonyl (C=O) groups excluding carboxylic acids is 1. The summed E-state index contributed by atoms with van der Waals surface area (Å²) in [7, 11) is 1.94. The van der Waals surface area contributed by atoms with Crippen LogP contribution in [0.5, 0.6) is 0 Å². The summed E-state index contributed by atoms with van der Waals surface area (Å²) < 4.78 is 0. The van der Waals surface area contributed by atoms with Gasteiger partial charge in [-0.15, -0.1) is 0 Å². The molecule has 6 heteroatoms. The lowest BCUT2D eigenvalue weighted by Gasteiger charge is -2.17. The van der Waals surface area contributed by atoms with E-state index in [-0.39, 0.29) is 5.91 Å². The number of likely N-dealkylation sites (N-methyl/N-ethyl adjacent to an activating group) is 1. The fraction of sp³-hybridized carbons (Fsp3) is 0.500. The number of hydrogen-bond acceptors (Lipinski definition) is 4. The van der Waals surface area contributed by atoms with Crippen LogP contribution in [0.2, 0.25) is 0 Å². The van der Waals surface area contributed by atoms with Gasteiger partial charge in [0.2, 0.25) is 5.91 Å². The Morgan fingerprint density at radius 3 is 2.60 bits per heavy atom. The molecule has 0 aromatic carbocycles. The van der Waals surface area contributed by atoms with E-state index < -0.39 is 12.0 Å². The van der Waals surface area contributed by atoms with Crippen molar-refractivity contribution in [3.8, 4) is 0 Å². The van der Waals surface area contributed by atoms with Gasteiger partial charge in [-0.1, -0.05) is 0 Å². The third-order valence-corrected chi connectivity index (χ3v) is 3.00.